The molecule has 0 amide bonds. The first kappa shape index (κ1) is 13.8. The average Bonchev–Trinajstić information content (AvgIpc) is 2.83. The Kier molecular flexibility index (Phi) is 4.04. The number of pyridine rings is 1. The van der Waals surface area contributed by atoms with E-state index in [1.165, 1.54) is 0 Å². The molecule has 0 atom stereocenters. The van der Waals surface area contributed by atoms with Crippen LogP contribution in [0, 0.1) is 0 Å². The van der Waals surface area contributed by atoms with Crippen LogP contribution in [0.2, 0.25) is 0 Å². The number of hydrogen-bond acceptors (Lipinski definition) is 2. The summed E-state index contributed by atoms with van der Waals surface area (Å²) in [7, 11) is 0. The Morgan fingerprint density at radius 1 is 1.16 bits per heavy atom. The van der Waals surface area contributed by atoms with E-state index in [4.69, 9.17) is 5.11 Å². The van der Waals surface area contributed by atoms with Crippen LogP contribution in [-0.2, 0) is 0 Å². The second-order valence-corrected chi connectivity index (χ2v) is 3.95. The van der Waals surface area contributed by atoms with Crippen LogP contribution in [-0.4, -0.2) is 20.7 Å². The van der Waals surface area contributed by atoms with Gasteiger partial charge in [-0.15, -0.1) is 0 Å². The smallest absolute Gasteiger partial charge is 1.00 e. The minimum Gasteiger partial charge on any atom is -1.00 e. The van der Waals surface area contributed by atoms with Crippen LogP contribution in [0.15, 0.2) is 54.7 Å². The molecule has 2 aromatic heterocycles. The van der Waals surface area contributed by atoms with E-state index >= 15 is 0 Å². The summed E-state index contributed by atoms with van der Waals surface area (Å²) in [5, 5.41) is 13.0. The van der Waals surface area contributed by atoms with Gasteiger partial charge in [-0.1, -0.05) is 36.4 Å². The van der Waals surface area contributed by atoms with Crippen LogP contribution in [0.1, 0.15) is 11.9 Å². The summed E-state index contributed by atoms with van der Waals surface area (Å²) < 4.78 is 1.59. The summed E-state index contributed by atoms with van der Waals surface area (Å²) in [5.74, 6) is -1.02. The number of rotatable bonds is 2. The van der Waals surface area contributed by atoms with E-state index in [1.54, 1.807) is 16.8 Å². The summed E-state index contributed by atoms with van der Waals surface area (Å²) >= 11 is 0. The van der Waals surface area contributed by atoms with E-state index < -0.39 is 5.97 Å². The molecule has 0 saturated carbocycles. The topological polar surface area (TPSA) is 54.6 Å². The normalized spacial score (nSPS) is 10.1. The first-order chi connectivity index (χ1) is 8.75. The average molecular weight is 262 g/mol. The Hall–Kier alpha value is -1.62. The molecule has 0 aliphatic rings. The summed E-state index contributed by atoms with van der Waals surface area (Å²) in [6, 6.07) is 15.2. The van der Waals surface area contributed by atoms with Crippen molar-refractivity contribution in [1.82, 2.24) is 9.61 Å². The van der Waals surface area contributed by atoms with Gasteiger partial charge in [0.2, 0.25) is 0 Å². The first-order valence-electron chi connectivity index (χ1n) is 5.53. The van der Waals surface area contributed by atoms with Crippen LogP contribution < -0.4 is 29.6 Å². The fourth-order valence-electron chi connectivity index (χ4n) is 1.98. The zero-order valence-corrected chi connectivity index (χ0v) is 12.4. The SMILES string of the molecule is O=C(O)c1cc2c(-c3ccccc3)cccn2n1.[H-].[Na+]. The molecule has 4 nitrogen and oxygen atoms in total. The molecule has 2 heterocycles. The van der Waals surface area contributed by atoms with Gasteiger partial charge in [0.1, 0.15) is 0 Å². The quantitative estimate of drug-likeness (QED) is 0.652. The monoisotopic (exact) mass is 262 g/mol. The first-order valence-corrected chi connectivity index (χ1v) is 5.53. The molecule has 0 fully saturated rings. The van der Waals surface area contributed by atoms with Gasteiger partial charge >= 0.3 is 35.5 Å². The molecule has 0 aliphatic heterocycles. The molecule has 90 valence electrons. The third-order valence-corrected chi connectivity index (χ3v) is 2.81. The molecule has 0 spiro atoms. The van der Waals surface area contributed by atoms with Gasteiger partial charge < -0.3 is 6.53 Å². The Bertz CT molecular complexity index is 728. The Morgan fingerprint density at radius 3 is 2.58 bits per heavy atom. The maximum absolute atomic E-state index is 10.9. The van der Waals surface area contributed by atoms with Crippen molar-refractivity contribution < 1.29 is 40.9 Å². The van der Waals surface area contributed by atoms with Gasteiger partial charge in [0.05, 0.1) is 5.52 Å². The van der Waals surface area contributed by atoms with E-state index in [-0.39, 0.29) is 36.7 Å². The van der Waals surface area contributed by atoms with E-state index in [0.29, 0.717) is 0 Å². The number of aromatic carboxylic acids is 1. The van der Waals surface area contributed by atoms with Crippen LogP contribution in [0.4, 0.5) is 0 Å². The number of fused-ring (bicyclic) bond motifs is 1. The summed E-state index contributed by atoms with van der Waals surface area (Å²) in [6.45, 7) is 0. The van der Waals surface area contributed by atoms with Crippen molar-refractivity contribution in [2.24, 2.45) is 0 Å². The zero-order valence-electron chi connectivity index (χ0n) is 11.4. The molecule has 0 bridgehead atoms. The standard InChI is InChI=1S/C14H10N2O2.Na.H/c17-14(18)12-9-13-11(7-4-8-16(13)15-12)10-5-2-1-3-6-10;;/h1-9H,(H,17,18);;/q;+1;-1. The van der Waals surface area contributed by atoms with Gasteiger partial charge in [-0.3, -0.25) is 0 Å². The second kappa shape index (κ2) is 5.57. The number of carbonyl (C=O) groups is 1. The predicted octanol–water partition coefficient (Wildman–Crippen LogP) is -0.184. The summed E-state index contributed by atoms with van der Waals surface area (Å²) in [4.78, 5) is 10.9. The minimum absolute atomic E-state index is 0. The number of nitrogens with zero attached hydrogens (tertiary/aromatic N) is 2. The third kappa shape index (κ3) is 2.56. The van der Waals surface area contributed by atoms with Gasteiger partial charge in [0.25, 0.3) is 0 Å². The predicted molar refractivity (Wildman–Crippen MR) is 68.7 cm³/mol. The second-order valence-electron chi connectivity index (χ2n) is 3.95. The molecule has 0 radical (unpaired) electrons. The van der Waals surface area contributed by atoms with Gasteiger partial charge in [0.15, 0.2) is 5.69 Å². The molecule has 3 rings (SSSR count). The molecule has 19 heavy (non-hydrogen) atoms. The minimum atomic E-state index is -1.02. The third-order valence-electron chi connectivity index (χ3n) is 2.81. The number of hydrogen-bond donors (Lipinski definition) is 1. The zero-order chi connectivity index (χ0) is 12.5. The number of aromatic nitrogens is 2. The number of benzene rings is 1. The molecule has 1 N–H and O–H groups in total. The summed E-state index contributed by atoms with van der Waals surface area (Å²) in [5.41, 5.74) is 2.86. The van der Waals surface area contributed by atoms with Crippen molar-refractivity contribution in [1.29, 1.82) is 0 Å². The maximum Gasteiger partial charge on any atom is 1.00 e. The molecule has 5 heteroatoms. The van der Waals surface area contributed by atoms with Crippen molar-refractivity contribution in [3.63, 3.8) is 0 Å². The van der Waals surface area contributed by atoms with E-state index in [9.17, 15) is 4.79 Å². The van der Waals surface area contributed by atoms with E-state index in [0.717, 1.165) is 16.6 Å². The number of carboxylic acids is 1. The van der Waals surface area contributed by atoms with Crippen LogP contribution in [0.25, 0.3) is 16.6 Å². The Labute approximate surface area is 133 Å². The summed E-state index contributed by atoms with van der Waals surface area (Å²) in [6.07, 6.45) is 1.74. The van der Waals surface area contributed by atoms with Crippen molar-refractivity contribution in [2.45, 2.75) is 0 Å². The maximum atomic E-state index is 10.9. The van der Waals surface area contributed by atoms with Crippen molar-refractivity contribution in [2.75, 3.05) is 0 Å². The molecule has 3 aromatic rings. The van der Waals surface area contributed by atoms with E-state index in [2.05, 4.69) is 5.10 Å². The Morgan fingerprint density at radius 2 is 1.89 bits per heavy atom. The van der Waals surface area contributed by atoms with E-state index in [1.807, 2.05) is 42.5 Å². The fourth-order valence-corrected chi connectivity index (χ4v) is 1.98. The largest absolute Gasteiger partial charge is 1.00 e. The van der Waals surface area contributed by atoms with Crippen LogP contribution in [0.3, 0.4) is 0 Å². The van der Waals surface area contributed by atoms with Crippen LogP contribution >= 0.6 is 0 Å². The molecule has 1 aromatic carbocycles. The Balaban J connectivity index is 0.000001000. The van der Waals surface area contributed by atoms with Gasteiger partial charge in [-0.05, 0) is 17.7 Å². The van der Waals surface area contributed by atoms with Crippen molar-refractivity contribution in [3.8, 4) is 11.1 Å². The fraction of sp³-hybridized carbons (Fsp3) is 0. The molecule has 0 saturated heterocycles. The molecular weight excluding hydrogens is 251 g/mol. The van der Waals surface area contributed by atoms with Crippen LogP contribution in [0.5, 0.6) is 0 Å². The molecule has 0 aliphatic carbocycles. The molecular formula is C14H11N2NaO2. The van der Waals surface area contributed by atoms with Gasteiger partial charge in [-0.2, -0.15) is 5.10 Å². The molecule has 0 unspecified atom stereocenters. The van der Waals surface area contributed by atoms with Crippen molar-refractivity contribution in [3.05, 3.63) is 60.4 Å². The van der Waals surface area contributed by atoms with Gasteiger partial charge in [0, 0.05) is 11.8 Å². The van der Waals surface area contributed by atoms with Gasteiger partial charge in [-0.25, -0.2) is 9.31 Å². The van der Waals surface area contributed by atoms with Crippen molar-refractivity contribution >= 4 is 11.5 Å². The number of carboxylic acid groups (broad SMARTS) is 1.